The van der Waals surface area contributed by atoms with Crippen molar-refractivity contribution in [2.45, 2.75) is 0 Å². The molecule has 0 nitrogen and oxygen atoms in total. The Balaban J connectivity index is 1.08. The molecule has 0 bridgehead atoms. The van der Waals surface area contributed by atoms with Crippen LogP contribution in [0.5, 0.6) is 0 Å². The lowest BCUT2D eigenvalue weighted by Gasteiger charge is -2.20. The van der Waals surface area contributed by atoms with Gasteiger partial charge in [0.1, 0.15) is 0 Å². The molecule has 0 aliphatic heterocycles. The number of fused-ring (bicyclic) bond motifs is 12. The van der Waals surface area contributed by atoms with Crippen molar-refractivity contribution in [3.63, 3.8) is 0 Å². The summed E-state index contributed by atoms with van der Waals surface area (Å²) in [6.07, 6.45) is 0. The van der Waals surface area contributed by atoms with Gasteiger partial charge >= 0.3 is 0 Å². The van der Waals surface area contributed by atoms with Gasteiger partial charge in [0.25, 0.3) is 0 Å². The van der Waals surface area contributed by atoms with Gasteiger partial charge in [-0.25, -0.2) is 0 Å². The van der Waals surface area contributed by atoms with Gasteiger partial charge in [0.2, 0.25) is 0 Å². The Morgan fingerprint density at radius 3 is 1.45 bits per heavy atom. The predicted octanol–water partition coefficient (Wildman–Crippen LogP) is 17.2. The molecule has 2 heteroatoms. The summed E-state index contributed by atoms with van der Waals surface area (Å²) in [7, 11) is 0. The fourth-order valence-electron chi connectivity index (χ4n) is 9.86. The van der Waals surface area contributed by atoms with Crippen LogP contribution in [0.4, 0.5) is 0 Å². The monoisotopic (exact) mass is 768 g/mol. The molecule has 0 saturated carbocycles. The fraction of sp³-hybridized carbons (Fsp3) is 0. The summed E-state index contributed by atoms with van der Waals surface area (Å²) in [4.78, 5) is 0. The van der Waals surface area contributed by atoms with Crippen LogP contribution in [0.15, 0.2) is 194 Å². The molecule has 13 aromatic rings. The minimum absolute atomic E-state index is 1.24. The zero-order valence-corrected chi connectivity index (χ0v) is 32.9. The first-order valence-corrected chi connectivity index (χ1v) is 21.5. The number of thiophene rings is 2. The van der Waals surface area contributed by atoms with Crippen LogP contribution in [0.1, 0.15) is 0 Å². The molecular formula is C56H32S2. The van der Waals surface area contributed by atoms with Crippen LogP contribution >= 0.6 is 22.7 Å². The summed E-state index contributed by atoms with van der Waals surface area (Å²) < 4.78 is 5.41. The predicted molar refractivity (Wildman–Crippen MR) is 256 cm³/mol. The Kier molecular flexibility index (Phi) is 6.86. The molecule has 0 aliphatic carbocycles. The van der Waals surface area contributed by atoms with E-state index in [1.54, 1.807) is 0 Å². The first kappa shape index (κ1) is 32.3. The van der Waals surface area contributed by atoms with E-state index in [1.807, 2.05) is 22.7 Å². The van der Waals surface area contributed by atoms with E-state index >= 15 is 0 Å². The van der Waals surface area contributed by atoms with Crippen molar-refractivity contribution in [1.82, 2.24) is 0 Å². The number of hydrogen-bond acceptors (Lipinski definition) is 2. The Bertz CT molecular complexity index is 3800. The maximum Gasteiger partial charge on any atom is 0.0434 e. The quantitative estimate of drug-likeness (QED) is 0.157. The molecule has 2 aromatic heterocycles. The molecule has 2 heterocycles. The van der Waals surface area contributed by atoms with Crippen LogP contribution in [0.2, 0.25) is 0 Å². The zero-order chi connectivity index (χ0) is 37.9. The normalized spacial score (nSPS) is 12.1. The lowest BCUT2D eigenvalue weighted by atomic mass is 9.83. The highest BCUT2D eigenvalue weighted by molar-refractivity contribution is 7.28. The smallest absolute Gasteiger partial charge is 0.0434 e. The topological polar surface area (TPSA) is 0 Å². The molecule has 0 unspecified atom stereocenters. The summed E-state index contributed by atoms with van der Waals surface area (Å²) in [6.45, 7) is 0. The molecule has 0 spiro atoms. The molecule has 0 aliphatic rings. The maximum atomic E-state index is 2.49. The third-order valence-electron chi connectivity index (χ3n) is 12.4. The standard InChI is InChI=1S/C56H32S2/c1-2-14-34-29-35(26-25-33(34)13-1)54-41-19-6-8-21-43(41)55(44-22-9-7-20-42(44)54)45-28-27-39(36-15-3-4-16-37(36)45)47-30-50-49-32-52-48(40-18-11-12-24-51(40)57-52)31-53(49)58-56(50)46-23-10-5-17-38(46)47/h1-32H. The summed E-state index contributed by atoms with van der Waals surface area (Å²) in [5.74, 6) is 0. The van der Waals surface area contributed by atoms with Crippen LogP contribution in [0.25, 0.3) is 128 Å². The van der Waals surface area contributed by atoms with Crippen molar-refractivity contribution in [3.8, 4) is 33.4 Å². The minimum Gasteiger partial charge on any atom is -0.135 e. The first-order valence-electron chi connectivity index (χ1n) is 19.9. The highest BCUT2D eigenvalue weighted by atomic mass is 32.1. The van der Waals surface area contributed by atoms with E-state index in [9.17, 15) is 0 Å². The average Bonchev–Trinajstić information content (AvgIpc) is 3.84. The molecule has 0 N–H and O–H groups in total. The summed E-state index contributed by atoms with van der Waals surface area (Å²) in [5.41, 5.74) is 7.63. The summed E-state index contributed by atoms with van der Waals surface area (Å²) >= 11 is 3.83. The van der Waals surface area contributed by atoms with Crippen molar-refractivity contribution < 1.29 is 0 Å². The van der Waals surface area contributed by atoms with Crippen LogP contribution in [0.3, 0.4) is 0 Å². The van der Waals surface area contributed by atoms with Crippen LogP contribution < -0.4 is 0 Å². The fourth-order valence-corrected chi connectivity index (χ4v) is 12.2. The van der Waals surface area contributed by atoms with Gasteiger partial charge in [-0.1, -0.05) is 164 Å². The van der Waals surface area contributed by atoms with Gasteiger partial charge in [0.05, 0.1) is 0 Å². The average molecular weight is 769 g/mol. The van der Waals surface area contributed by atoms with E-state index in [2.05, 4.69) is 194 Å². The second kappa shape index (κ2) is 12.3. The Morgan fingerprint density at radius 2 is 0.741 bits per heavy atom. The molecule has 58 heavy (non-hydrogen) atoms. The van der Waals surface area contributed by atoms with Gasteiger partial charge in [-0.05, 0) is 112 Å². The first-order chi connectivity index (χ1) is 28.8. The Morgan fingerprint density at radius 1 is 0.241 bits per heavy atom. The molecule has 0 saturated heterocycles. The summed E-state index contributed by atoms with van der Waals surface area (Å²) in [5, 5.41) is 18.1. The van der Waals surface area contributed by atoms with Crippen molar-refractivity contribution in [2.75, 3.05) is 0 Å². The van der Waals surface area contributed by atoms with Crippen LogP contribution in [0, 0.1) is 0 Å². The highest BCUT2D eigenvalue weighted by Crippen LogP contribution is 2.50. The Labute approximate surface area is 342 Å². The molecule has 0 atom stereocenters. The van der Waals surface area contributed by atoms with Gasteiger partial charge < -0.3 is 0 Å². The SMILES string of the molecule is c1ccc2cc(-c3c4ccccc4c(-c4ccc(-c5cc6c7cc8sc9ccccc9c8cc7sc6c6ccccc56)c5ccccc45)c4ccccc34)ccc2c1. The van der Waals surface area contributed by atoms with E-state index in [0.717, 1.165) is 0 Å². The van der Waals surface area contributed by atoms with Gasteiger partial charge in [0.15, 0.2) is 0 Å². The van der Waals surface area contributed by atoms with E-state index in [1.165, 1.54) is 128 Å². The minimum atomic E-state index is 1.24. The van der Waals surface area contributed by atoms with Gasteiger partial charge in [0, 0.05) is 45.7 Å². The number of benzene rings is 11. The van der Waals surface area contributed by atoms with E-state index in [4.69, 9.17) is 0 Å². The second-order valence-corrected chi connectivity index (χ2v) is 17.6. The summed E-state index contributed by atoms with van der Waals surface area (Å²) in [6, 6.07) is 72.7. The van der Waals surface area contributed by atoms with Crippen molar-refractivity contribution in [1.29, 1.82) is 0 Å². The molecule has 268 valence electrons. The zero-order valence-electron chi connectivity index (χ0n) is 31.3. The third kappa shape index (κ3) is 4.62. The molecule has 11 aromatic carbocycles. The van der Waals surface area contributed by atoms with Crippen LogP contribution in [-0.2, 0) is 0 Å². The molecule has 0 amide bonds. The van der Waals surface area contributed by atoms with Crippen molar-refractivity contribution in [2.24, 2.45) is 0 Å². The van der Waals surface area contributed by atoms with E-state index < -0.39 is 0 Å². The third-order valence-corrected chi connectivity index (χ3v) is 14.8. The molecular weight excluding hydrogens is 737 g/mol. The van der Waals surface area contributed by atoms with Crippen LogP contribution in [-0.4, -0.2) is 0 Å². The van der Waals surface area contributed by atoms with Crippen molar-refractivity contribution >= 4 is 117 Å². The molecule has 0 fully saturated rings. The van der Waals surface area contributed by atoms with Gasteiger partial charge in [-0.3, -0.25) is 0 Å². The van der Waals surface area contributed by atoms with E-state index in [-0.39, 0.29) is 0 Å². The van der Waals surface area contributed by atoms with Crippen molar-refractivity contribution in [3.05, 3.63) is 194 Å². The number of hydrogen-bond donors (Lipinski definition) is 0. The second-order valence-electron chi connectivity index (χ2n) is 15.5. The maximum absolute atomic E-state index is 2.49. The largest absolute Gasteiger partial charge is 0.135 e. The Hall–Kier alpha value is -6.84. The number of rotatable bonds is 3. The highest BCUT2D eigenvalue weighted by Gasteiger charge is 2.21. The van der Waals surface area contributed by atoms with Gasteiger partial charge in [-0.15, -0.1) is 22.7 Å². The molecule has 0 radical (unpaired) electrons. The lowest BCUT2D eigenvalue weighted by molar-refractivity contribution is 1.67. The molecule has 13 rings (SSSR count). The lowest BCUT2D eigenvalue weighted by Crippen LogP contribution is -1.93. The van der Waals surface area contributed by atoms with E-state index in [0.29, 0.717) is 0 Å². The van der Waals surface area contributed by atoms with Gasteiger partial charge in [-0.2, -0.15) is 0 Å².